The molecule has 0 aromatic heterocycles. The Hall–Kier alpha value is -1.59. The van der Waals surface area contributed by atoms with E-state index >= 15 is 0 Å². The first kappa shape index (κ1) is 17.8. The van der Waals surface area contributed by atoms with Gasteiger partial charge in [0.1, 0.15) is 5.60 Å². The van der Waals surface area contributed by atoms with Gasteiger partial charge in [0, 0.05) is 24.7 Å². The lowest BCUT2D eigenvalue weighted by Gasteiger charge is -2.24. The van der Waals surface area contributed by atoms with Crippen molar-refractivity contribution in [2.24, 2.45) is 5.73 Å². The number of nitrogens with one attached hydrogen (secondary N) is 2. The van der Waals surface area contributed by atoms with Gasteiger partial charge in [0.25, 0.3) is 0 Å². The Kier molecular flexibility index (Phi) is 5.65. The summed E-state index contributed by atoms with van der Waals surface area (Å²) in [5.41, 5.74) is 8.24. The fourth-order valence-corrected chi connectivity index (χ4v) is 2.96. The molecule has 23 heavy (non-hydrogen) atoms. The predicted molar refractivity (Wildman–Crippen MR) is 92.2 cm³/mol. The predicted octanol–water partition coefficient (Wildman–Crippen LogP) is 3.02. The number of alkyl carbamates (subject to hydrolysis) is 1. The molecule has 0 saturated heterocycles. The lowest BCUT2D eigenvalue weighted by Crippen LogP contribution is -2.43. The summed E-state index contributed by atoms with van der Waals surface area (Å²) >= 11 is 0. The van der Waals surface area contributed by atoms with Crippen LogP contribution in [0.5, 0.6) is 0 Å². The van der Waals surface area contributed by atoms with Crippen molar-refractivity contribution in [2.75, 3.05) is 6.54 Å². The molecule has 5 heteroatoms. The molecule has 3 atom stereocenters. The Morgan fingerprint density at radius 2 is 2.00 bits per heavy atom. The zero-order valence-electron chi connectivity index (χ0n) is 14.6. The van der Waals surface area contributed by atoms with Crippen LogP contribution in [-0.4, -0.2) is 24.3 Å². The summed E-state index contributed by atoms with van der Waals surface area (Å²) in [6, 6.07) is 8.82. The monoisotopic (exact) mass is 319 g/mol. The fraction of sp³-hybridized carbons (Fsp3) is 0.611. The van der Waals surface area contributed by atoms with Crippen LogP contribution >= 0.6 is 0 Å². The van der Waals surface area contributed by atoms with Crippen molar-refractivity contribution in [2.45, 2.75) is 64.3 Å². The summed E-state index contributed by atoms with van der Waals surface area (Å²) in [5, 5.41) is 6.46. The zero-order chi connectivity index (χ0) is 17.0. The summed E-state index contributed by atoms with van der Waals surface area (Å²) in [4.78, 5) is 11.8. The maximum absolute atomic E-state index is 11.8. The van der Waals surface area contributed by atoms with E-state index in [4.69, 9.17) is 10.5 Å². The van der Waals surface area contributed by atoms with E-state index in [-0.39, 0.29) is 24.2 Å². The topological polar surface area (TPSA) is 76.4 Å². The van der Waals surface area contributed by atoms with Crippen LogP contribution in [0.15, 0.2) is 24.3 Å². The zero-order valence-corrected chi connectivity index (χ0v) is 14.6. The van der Waals surface area contributed by atoms with E-state index < -0.39 is 5.60 Å². The molecule has 0 spiro atoms. The minimum atomic E-state index is -0.476. The molecule has 2 rings (SSSR count). The van der Waals surface area contributed by atoms with Crippen LogP contribution in [0.25, 0.3) is 0 Å². The van der Waals surface area contributed by atoms with Crippen molar-refractivity contribution in [3.8, 4) is 0 Å². The first-order valence-corrected chi connectivity index (χ1v) is 8.37. The molecule has 0 saturated carbocycles. The second-order valence-corrected chi connectivity index (χ2v) is 7.18. The Morgan fingerprint density at radius 3 is 2.61 bits per heavy atom. The average Bonchev–Trinajstić information content (AvgIpc) is 2.78. The van der Waals surface area contributed by atoms with Gasteiger partial charge in [0.15, 0.2) is 0 Å². The molecule has 4 N–H and O–H groups in total. The van der Waals surface area contributed by atoms with Crippen LogP contribution in [0, 0.1) is 0 Å². The molecule has 0 aliphatic heterocycles. The summed E-state index contributed by atoms with van der Waals surface area (Å²) in [6.07, 6.45) is 1.44. The second-order valence-electron chi connectivity index (χ2n) is 7.18. The van der Waals surface area contributed by atoms with E-state index in [1.807, 2.05) is 32.9 Å². The number of nitrogens with two attached hydrogens (primary N) is 1. The Labute approximate surface area is 139 Å². The third-order valence-corrected chi connectivity index (χ3v) is 4.08. The SMILES string of the molecule is CCC(CNC(=O)OC(C)(C)C)NC1CC(N)c2ccccc21. The molecule has 0 bridgehead atoms. The third kappa shape index (κ3) is 4.94. The highest BCUT2D eigenvalue weighted by molar-refractivity contribution is 5.67. The molecule has 1 aromatic carbocycles. The van der Waals surface area contributed by atoms with Crippen molar-refractivity contribution in [3.05, 3.63) is 35.4 Å². The summed E-state index contributed by atoms with van der Waals surface area (Å²) < 4.78 is 5.28. The number of carbonyl (C=O) groups excluding carboxylic acids is 1. The maximum Gasteiger partial charge on any atom is 0.407 e. The molecule has 1 aliphatic rings. The summed E-state index contributed by atoms with van der Waals surface area (Å²) in [5.74, 6) is 0. The van der Waals surface area contributed by atoms with Crippen molar-refractivity contribution in [3.63, 3.8) is 0 Å². The van der Waals surface area contributed by atoms with Gasteiger partial charge in [-0.2, -0.15) is 0 Å². The number of benzene rings is 1. The number of hydrogen-bond acceptors (Lipinski definition) is 4. The number of fused-ring (bicyclic) bond motifs is 1. The largest absolute Gasteiger partial charge is 0.444 e. The van der Waals surface area contributed by atoms with E-state index in [0.29, 0.717) is 6.54 Å². The van der Waals surface area contributed by atoms with Gasteiger partial charge in [-0.25, -0.2) is 4.79 Å². The van der Waals surface area contributed by atoms with E-state index in [1.54, 1.807) is 0 Å². The highest BCUT2D eigenvalue weighted by Crippen LogP contribution is 2.37. The first-order chi connectivity index (χ1) is 10.8. The highest BCUT2D eigenvalue weighted by atomic mass is 16.6. The molecular weight excluding hydrogens is 290 g/mol. The van der Waals surface area contributed by atoms with Crippen molar-refractivity contribution in [1.82, 2.24) is 10.6 Å². The van der Waals surface area contributed by atoms with E-state index in [0.717, 1.165) is 12.8 Å². The van der Waals surface area contributed by atoms with Crippen LogP contribution in [0.2, 0.25) is 0 Å². The van der Waals surface area contributed by atoms with E-state index in [2.05, 4.69) is 29.7 Å². The highest BCUT2D eigenvalue weighted by Gasteiger charge is 2.29. The van der Waals surface area contributed by atoms with Gasteiger partial charge in [-0.3, -0.25) is 0 Å². The summed E-state index contributed by atoms with van der Waals surface area (Å²) in [7, 11) is 0. The number of amides is 1. The van der Waals surface area contributed by atoms with Crippen LogP contribution < -0.4 is 16.4 Å². The smallest absolute Gasteiger partial charge is 0.407 e. The van der Waals surface area contributed by atoms with Crippen molar-refractivity contribution in [1.29, 1.82) is 0 Å². The Balaban J connectivity index is 1.90. The number of ether oxygens (including phenoxy) is 1. The molecule has 128 valence electrons. The van der Waals surface area contributed by atoms with E-state index in [1.165, 1.54) is 11.1 Å². The van der Waals surface area contributed by atoms with Crippen LogP contribution in [-0.2, 0) is 4.74 Å². The number of hydrogen-bond donors (Lipinski definition) is 3. The van der Waals surface area contributed by atoms with Gasteiger partial charge in [0.2, 0.25) is 0 Å². The van der Waals surface area contributed by atoms with Crippen molar-refractivity contribution < 1.29 is 9.53 Å². The molecule has 0 heterocycles. The first-order valence-electron chi connectivity index (χ1n) is 8.37. The minimum Gasteiger partial charge on any atom is -0.444 e. The van der Waals surface area contributed by atoms with E-state index in [9.17, 15) is 4.79 Å². The Morgan fingerprint density at radius 1 is 1.35 bits per heavy atom. The molecule has 3 unspecified atom stereocenters. The third-order valence-electron chi connectivity index (χ3n) is 4.08. The standard InChI is InChI=1S/C18H29N3O2/c1-5-12(11-20-17(22)23-18(2,3)4)21-16-10-15(19)13-8-6-7-9-14(13)16/h6-9,12,15-16,21H,5,10-11,19H2,1-4H3,(H,20,22). The van der Waals surface area contributed by atoms with Gasteiger partial charge in [-0.05, 0) is 44.7 Å². The molecule has 5 nitrogen and oxygen atoms in total. The number of rotatable bonds is 5. The minimum absolute atomic E-state index is 0.0834. The summed E-state index contributed by atoms with van der Waals surface area (Å²) in [6.45, 7) is 8.23. The van der Waals surface area contributed by atoms with Gasteiger partial charge in [0.05, 0.1) is 0 Å². The van der Waals surface area contributed by atoms with Crippen molar-refractivity contribution >= 4 is 6.09 Å². The lowest BCUT2D eigenvalue weighted by molar-refractivity contribution is 0.0521. The lowest BCUT2D eigenvalue weighted by atomic mass is 10.1. The molecule has 1 amide bonds. The molecule has 1 aromatic rings. The molecule has 0 fully saturated rings. The molecular formula is C18H29N3O2. The van der Waals surface area contributed by atoms with Crippen LogP contribution in [0.4, 0.5) is 4.79 Å². The quantitative estimate of drug-likeness (QED) is 0.780. The molecule has 0 radical (unpaired) electrons. The van der Waals surface area contributed by atoms with Crippen LogP contribution in [0.1, 0.15) is 63.7 Å². The fourth-order valence-electron chi connectivity index (χ4n) is 2.96. The average molecular weight is 319 g/mol. The normalized spacial score (nSPS) is 21.6. The Bertz CT molecular complexity index is 539. The second kappa shape index (κ2) is 7.32. The number of carbonyl (C=O) groups is 1. The van der Waals surface area contributed by atoms with Gasteiger partial charge < -0.3 is 21.1 Å². The van der Waals surface area contributed by atoms with Gasteiger partial charge in [-0.1, -0.05) is 31.2 Å². The molecule has 1 aliphatic carbocycles. The van der Waals surface area contributed by atoms with Gasteiger partial charge in [-0.15, -0.1) is 0 Å². The van der Waals surface area contributed by atoms with Gasteiger partial charge >= 0.3 is 6.09 Å². The van der Waals surface area contributed by atoms with Crippen LogP contribution in [0.3, 0.4) is 0 Å². The maximum atomic E-state index is 11.8.